The third kappa shape index (κ3) is 5.34. The Hall–Kier alpha value is -2.36. The molecule has 1 heterocycles. The third-order valence-corrected chi connectivity index (χ3v) is 6.16. The lowest BCUT2D eigenvalue weighted by Crippen LogP contribution is -2.36. The Morgan fingerprint density at radius 2 is 1.93 bits per heavy atom. The molecule has 0 radical (unpaired) electrons. The molecule has 152 valence electrons. The molecule has 0 aliphatic rings. The number of nitrogens with zero attached hydrogens (tertiary/aromatic N) is 2. The second kappa shape index (κ2) is 9.22. The summed E-state index contributed by atoms with van der Waals surface area (Å²) in [5, 5.41) is 13.9. The van der Waals surface area contributed by atoms with Crippen LogP contribution in [-0.2, 0) is 15.9 Å². The molecule has 0 bridgehead atoms. The van der Waals surface area contributed by atoms with Crippen LogP contribution in [0.1, 0.15) is 33.4 Å². The molecular formula is C19H27N5O3S. The van der Waals surface area contributed by atoms with Gasteiger partial charge in [0.05, 0.1) is 6.61 Å². The predicted molar refractivity (Wildman–Crippen MR) is 112 cm³/mol. The third-order valence-electron chi connectivity index (χ3n) is 4.09. The van der Waals surface area contributed by atoms with Crippen LogP contribution >= 0.6 is 0 Å². The van der Waals surface area contributed by atoms with Gasteiger partial charge in [0.1, 0.15) is 16.8 Å². The summed E-state index contributed by atoms with van der Waals surface area (Å²) in [6, 6.07) is 8.24. The molecule has 0 aliphatic carbocycles. The number of nitrogens with two attached hydrogens (primary N) is 1. The van der Waals surface area contributed by atoms with Crippen LogP contribution < -0.4 is 16.4 Å². The van der Waals surface area contributed by atoms with Gasteiger partial charge in [0.15, 0.2) is 10.6 Å². The summed E-state index contributed by atoms with van der Waals surface area (Å²) >= 11 is -1.14. The molecular weight excluding hydrogens is 378 g/mol. The van der Waals surface area contributed by atoms with E-state index in [-0.39, 0.29) is 18.4 Å². The highest BCUT2D eigenvalue weighted by molar-refractivity contribution is 7.92. The molecule has 1 atom stereocenters. The molecule has 8 nitrogen and oxygen atoms in total. The van der Waals surface area contributed by atoms with Crippen molar-refractivity contribution in [1.29, 1.82) is 0 Å². The number of aliphatic hydroxyl groups is 1. The van der Waals surface area contributed by atoms with Crippen molar-refractivity contribution >= 4 is 28.7 Å². The monoisotopic (exact) mass is 405 g/mol. The van der Waals surface area contributed by atoms with Crippen LogP contribution in [0, 0.1) is 0 Å². The molecule has 1 aromatic heterocycles. The zero-order valence-electron chi connectivity index (χ0n) is 16.5. The van der Waals surface area contributed by atoms with E-state index in [1.807, 2.05) is 27.7 Å². The lowest BCUT2D eigenvalue weighted by atomic mass is 10.1. The molecule has 1 unspecified atom stereocenters. The topological polar surface area (TPSA) is 136 Å². The standard InChI is InChI=1S/C19H27N5O3S/c1-12(2)28(27)19(3,4)15-11-16(20)24-17(23-15)13-5-7-14(8-6-13)22-18(26)21-9-10-25/h5-8,11-12,25H,9-10H2,1-4H3,(H2,20,23,24)(H2,21,22,26). The van der Waals surface area contributed by atoms with Crippen molar-refractivity contribution in [3.8, 4) is 11.4 Å². The summed E-state index contributed by atoms with van der Waals surface area (Å²) in [6.07, 6.45) is 0. The van der Waals surface area contributed by atoms with Gasteiger partial charge in [0.2, 0.25) is 0 Å². The molecule has 5 N–H and O–H groups in total. The van der Waals surface area contributed by atoms with Crippen molar-refractivity contribution in [2.45, 2.75) is 37.7 Å². The Bertz CT molecular complexity index is 812. The minimum atomic E-state index is -1.14. The van der Waals surface area contributed by atoms with Crippen LogP contribution in [-0.4, -0.2) is 44.1 Å². The van der Waals surface area contributed by atoms with Crippen LogP contribution in [0.3, 0.4) is 0 Å². The first-order valence-electron chi connectivity index (χ1n) is 8.97. The maximum Gasteiger partial charge on any atom is 0.319 e. The summed E-state index contributed by atoms with van der Waals surface area (Å²) in [4.78, 5) is 20.5. The normalized spacial score (nSPS) is 12.7. The average molecular weight is 406 g/mol. The molecule has 0 saturated heterocycles. The van der Waals surface area contributed by atoms with Gasteiger partial charge in [-0.25, -0.2) is 14.8 Å². The molecule has 9 heteroatoms. The van der Waals surface area contributed by atoms with Crippen molar-refractivity contribution in [3.63, 3.8) is 0 Å². The number of nitrogens with one attached hydrogen (secondary N) is 2. The number of amides is 2. The molecule has 28 heavy (non-hydrogen) atoms. The Kier molecular flexibility index (Phi) is 7.22. The minimum absolute atomic E-state index is 0.0167. The minimum Gasteiger partial charge on any atom is -0.615 e. The number of aliphatic hydroxyl groups excluding tert-OH is 1. The summed E-state index contributed by atoms with van der Waals surface area (Å²) in [6.45, 7) is 7.63. The number of nitrogen functional groups attached to an aromatic ring is 1. The van der Waals surface area contributed by atoms with Crippen molar-refractivity contribution < 1.29 is 14.5 Å². The Balaban J connectivity index is 2.26. The molecule has 1 aromatic carbocycles. The first-order chi connectivity index (χ1) is 13.1. The van der Waals surface area contributed by atoms with Crippen molar-refractivity contribution in [2.24, 2.45) is 0 Å². The molecule has 0 fully saturated rings. The zero-order chi connectivity index (χ0) is 20.9. The number of hydrogen-bond donors (Lipinski definition) is 4. The lowest BCUT2D eigenvalue weighted by molar-refractivity contribution is 0.245. The van der Waals surface area contributed by atoms with E-state index in [1.165, 1.54) is 0 Å². The number of carbonyl (C=O) groups is 1. The van der Waals surface area contributed by atoms with Gasteiger partial charge in [-0.1, -0.05) is 0 Å². The van der Waals surface area contributed by atoms with E-state index in [4.69, 9.17) is 10.8 Å². The number of hydrogen-bond acceptors (Lipinski definition) is 6. The highest BCUT2D eigenvalue weighted by atomic mass is 32.2. The van der Waals surface area contributed by atoms with E-state index in [0.29, 0.717) is 23.0 Å². The van der Waals surface area contributed by atoms with Gasteiger partial charge in [-0.15, -0.1) is 0 Å². The fraction of sp³-hybridized carbons (Fsp3) is 0.421. The Labute approximate surface area is 168 Å². The first-order valence-corrected chi connectivity index (χ1v) is 10.2. The Morgan fingerprint density at radius 1 is 1.29 bits per heavy atom. The van der Waals surface area contributed by atoms with Crippen LogP contribution in [0.4, 0.5) is 16.3 Å². The number of aromatic nitrogens is 2. The van der Waals surface area contributed by atoms with Gasteiger partial charge < -0.3 is 26.0 Å². The lowest BCUT2D eigenvalue weighted by Gasteiger charge is -2.31. The van der Waals surface area contributed by atoms with Gasteiger partial charge in [-0.05, 0) is 63.1 Å². The molecule has 0 spiro atoms. The second-order valence-corrected chi connectivity index (χ2v) is 9.60. The van der Waals surface area contributed by atoms with Crippen LogP contribution in [0.2, 0.25) is 0 Å². The van der Waals surface area contributed by atoms with E-state index in [2.05, 4.69) is 20.6 Å². The van der Waals surface area contributed by atoms with E-state index >= 15 is 0 Å². The smallest absolute Gasteiger partial charge is 0.319 e. The Morgan fingerprint density at radius 3 is 2.50 bits per heavy atom. The molecule has 2 amide bonds. The van der Waals surface area contributed by atoms with Crippen LogP contribution in [0.15, 0.2) is 30.3 Å². The number of urea groups is 1. The van der Waals surface area contributed by atoms with Crippen LogP contribution in [0.5, 0.6) is 0 Å². The number of anilines is 2. The zero-order valence-corrected chi connectivity index (χ0v) is 17.3. The fourth-order valence-electron chi connectivity index (χ4n) is 2.64. The predicted octanol–water partition coefficient (Wildman–Crippen LogP) is 2.23. The largest absolute Gasteiger partial charge is 0.615 e. The van der Waals surface area contributed by atoms with Gasteiger partial charge in [0, 0.05) is 23.9 Å². The number of carbonyl (C=O) groups excluding carboxylic acids is 1. The maximum absolute atomic E-state index is 12.7. The van der Waals surface area contributed by atoms with Gasteiger partial charge in [0.25, 0.3) is 0 Å². The average Bonchev–Trinajstić information content (AvgIpc) is 2.65. The molecule has 2 aromatic rings. The first kappa shape index (κ1) is 21.9. The van der Waals surface area contributed by atoms with Crippen molar-refractivity contribution in [1.82, 2.24) is 15.3 Å². The quantitative estimate of drug-likeness (QED) is 0.522. The van der Waals surface area contributed by atoms with E-state index in [1.54, 1.807) is 30.3 Å². The van der Waals surface area contributed by atoms with Crippen LogP contribution in [0.25, 0.3) is 11.4 Å². The molecule has 0 aliphatic heterocycles. The van der Waals surface area contributed by atoms with Crippen molar-refractivity contribution in [3.05, 3.63) is 36.0 Å². The summed E-state index contributed by atoms with van der Waals surface area (Å²) in [7, 11) is 0. The highest BCUT2D eigenvalue weighted by Gasteiger charge is 2.38. The summed E-state index contributed by atoms with van der Waals surface area (Å²) in [5.41, 5.74) is 7.91. The van der Waals surface area contributed by atoms with Gasteiger partial charge >= 0.3 is 6.03 Å². The molecule has 0 saturated carbocycles. The van der Waals surface area contributed by atoms with Crippen molar-refractivity contribution in [2.75, 3.05) is 24.2 Å². The highest BCUT2D eigenvalue weighted by Crippen LogP contribution is 2.33. The van der Waals surface area contributed by atoms with Gasteiger partial charge in [-0.3, -0.25) is 0 Å². The van der Waals surface area contributed by atoms with E-state index in [0.717, 1.165) is 5.56 Å². The fourth-order valence-corrected chi connectivity index (χ4v) is 4.13. The summed E-state index contributed by atoms with van der Waals surface area (Å²) in [5.74, 6) is 0.736. The maximum atomic E-state index is 12.7. The SMILES string of the molecule is CC(C)[S+]([O-])C(C)(C)c1cc(N)nc(-c2ccc(NC(=O)NCCO)cc2)n1. The molecule has 2 rings (SSSR count). The summed E-state index contributed by atoms with van der Waals surface area (Å²) < 4.78 is 12.0. The van der Waals surface area contributed by atoms with Gasteiger partial charge in [-0.2, -0.15) is 0 Å². The number of rotatable bonds is 7. The number of benzene rings is 1. The van der Waals surface area contributed by atoms with E-state index in [9.17, 15) is 9.35 Å². The second-order valence-electron chi connectivity index (χ2n) is 7.04. The van der Waals surface area contributed by atoms with E-state index < -0.39 is 22.0 Å².